The Labute approximate surface area is 84.4 Å². The standard InChI is InChI=1S/C13H26/c1-5-8-9-13(7-3)11-10-12(4)6-2/h8-9,12-13H,5-7,10-11H2,1-4H3/b9-8-. The van der Waals surface area contributed by atoms with Gasteiger partial charge in [-0.15, -0.1) is 0 Å². The Morgan fingerprint density at radius 2 is 1.69 bits per heavy atom. The average molecular weight is 182 g/mol. The summed E-state index contributed by atoms with van der Waals surface area (Å²) in [6.45, 7) is 9.14. The van der Waals surface area contributed by atoms with Gasteiger partial charge in [-0.25, -0.2) is 0 Å². The molecule has 0 bridgehead atoms. The number of rotatable bonds is 7. The van der Waals surface area contributed by atoms with E-state index in [1.54, 1.807) is 0 Å². The third-order valence-corrected chi connectivity index (χ3v) is 2.90. The molecule has 13 heavy (non-hydrogen) atoms. The van der Waals surface area contributed by atoms with Crippen LogP contribution in [0.25, 0.3) is 0 Å². The third kappa shape index (κ3) is 6.86. The van der Waals surface area contributed by atoms with Crippen molar-refractivity contribution < 1.29 is 0 Å². The van der Waals surface area contributed by atoms with Crippen molar-refractivity contribution in [2.24, 2.45) is 11.8 Å². The first kappa shape index (κ1) is 12.7. The molecule has 0 aliphatic carbocycles. The van der Waals surface area contributed by atoms with Gasteiger partial charge < -0.3 is 0 Å². The normalized spacial score (nSPS) is 16.3. The molecular weight excluding hydrogens is 156 g/mol. The summed E-state index contributed by atoms with van der Waals surface area (Å²) in [6.07, 6.45) is 11.3. The number of hydrogen-bond donors (Lipinski definition) is 0. The van der Waals surface area contributed by atoms with Crippen LogP contribution in [0.5, 0.6) is 0 Å². The molecule has 0 heterocycles. The van der Waals surface area contributed by atoms with Gasteiger partial charge >= 0.3 is 0 Å². The molecular formula is C13H26. The van der Waals surface area contributed by atoms with Crippen molar-refractivity contribution in [3.8, 4) is 0 Å². The first-order valence-corrected chi connectivity index (χ1v) is 5.91. The summed E-state index contributed by atoms with van der Waals surface area (Å²) in [4.78, 5) is 0. The molecule has 78 valence electrons. The minimum absolute atomic E-state index is 0.828. The summed E-state index contributed by atoms with van der Waals surface area (Å²) in [5, 5.41) is 0. The molecule has 0 fully saturated rings. The Morgan fingerprint density at radius 3 is 2.15 bits per heavy atom. The van der Waals surface area contributed by atoms with Crippen LogP contribution in [0.15, 0.2) is 12.2 Å². The van der Waals surface area contributed by atoms with Crippen LogP contribution >= 0.6 is 0 Å². The van der Waals surface area contributed by atoms with E-state index in [0.29, 0.717) is 0 Å². The minimum Gasteiger partial charge on any atom is -0.0885 e. The van der Waals surface area contributed by atoms with E-state index in [0.717, 1.165) is 11.8 Å². The fraction of sp³-hybridized carbons (Fsp3) is 0.846. The van der Waals surface area contributed by atoms with Gasteiger partial charge in [-0.1, -0.05) is 52.7 Å². The smallest absolute Gasteiger partial charge is 0.0236 e. The van der Waals surface area contributed by atoms with Gasteiger partial charge in [0, 0.05) is 0 Å². The Balaban J connectivity index is 3.65. The SMILES string of the molecule is CC/C=C\C(CC)CCC(C)CC. The van der Waals surface area contributed by atoms with Gasteiger partial charge in [-0.05, 0) is 31.1 Å². The van der Waals surface area contributed by atoms with E-state index in [2.05, 4.69) is 39.8 Å². The van der Waals surface area contributed by atoms with Crippen LogP contribution in [0.2, 0.25) is 0 Å². The first-order valence-electron chi connectivity index (χ1n) is 5.91. The van der Waals surface area contributed by atoms with E-state index in [1.807, 2.05) is 0 Å². The van der Waals surface area contributed by atoms with E-state index in [4.69, 9.17) is 0 Å². The second-order valence-corrected chi connectivity index (χ2v) is 4.10. The van der Waals surface area contributed by atoms with Crippen molar-refractivity contribution in [1.82, 2.24) is 0 Å². The molecule has 0 radical (unpaired) electrons. The maximum absolute atomic E-state index is 2.41. The molecule has 0 aromatic heterocycles. The van der Waals surface area contributed by atoms with Crippen LogP contribution in [0.3, 0.4) is 0 Å². The van der Waals surface area contributed by atoms with Gasteiger partial charge in [-0.3, -0.25) is 0 Å². The molecule has 0 saturated carbocycles. The highest BCUT2D eigenvalue weighted by Crippen LogP contribution is 2.18. The zero-order valence-corrected chi connectivity index (χ0v) is 9.84. The molecule has 0 aliphatic rings. The molecule has 2 unspecified atom stereocenters. The monoisotopic (exact) mass is 182 g/mol. The van der Waals surface area contributed by atoms with E-state index < -0.39 is 0 Å². The van der Waals surface area contributed by atoms with Gasteiger partial charge in [0.2, 0.25) is 0 Å². The Bertz CT molecular complexity index is 124. The molecule has 0 N–H and O–H groups in total. The lowest BCUT2D eigenvalue weighted by molar-refractivity contribution is 0.439. The molecule has 0 saturated heterocycles. The van der Waals surface area contributed by atoms with Crippen molar-refractivity contribution >= 4 is 0 Å². The van der Waals surface area contributed by atoms with Crippen LogP contribution in [0, 0.1) is 11.8 Å². The van der Waals surface area contributed by atoms with E-state index in [9.17, 15) is 0 Å². The zero-order valence-electron chi connectivity index (χ0n) is 9.84. The van der Waals surface area contributed by atoms with Crippen LogP contribution in [0.4, 0.5) is 0 Å². The molecule has 0 spiro atoms. The molecule has 0 amide bonds. The quantitative estimate of drug-likeness (QED) is 0.496. The first-order chi connectivity index (χ1) is 6.24. The molecule has 0 rings (SSSR count). The Morgan fingerprint density at radius 1 is 1.00 bits per heavy atom. The molecule has 0 heteroatoms. The summed E-state index contributed by atoms with van der Waals surface area (Å²) < 4.78 is 0. The largest absolute Gasteiger partial charge is 0.0885 e. The summed E-state index contributed by atoms with van der Waals surface area (Å²) in [7, 11) is 0. The van der Waals surface area contributed by atoms with E-state index in [1.165, 1.54) is 32.1 Å². The Kier molecular flexibility index (Phi) is 8.18. The maximum Gasteiger partial charge on any atom is -0.0236 e. The van der Waals surface area contributed by atoms with Crippen molar-refractivity contribution in [2.45, 2.75) is 59.8 Å². The van der Waals surface area contributed by atoms with Gasteiger partial charge in [0.1, 0.15) is 0 Å². The summed E-state index contributed by atoms with van der Waals surface area (Å²) >= 11 is 0. The topological polar surface area (TPSA) is 0 Å². The van der Waals surface area contributed by atoms with Gasteiger partial charge in [0.05, 0.1) is 0 Å². The Hall–Kier alpha value is -0.260. The fourth-order valence-electron chi connectivity index (χ4n) is 1.47. The lowest BCUT2D eigenvalue weighted by atomic mass is 9.93. The summed E-state index contributed by atoms with van der Waals surface area (Å²) in [5.74, 6) is 1.73. The third-order valence-electron chi connectivity index (χ3n) is 2.90. The van der Waals surface area contributed by atoms with E-state index >= 15 is 0 Å². The predicted molar refractivity (Wildman–Crippen MR) is 61.9 cm³/mol. The van der Waals surface area contributed by atoms with E-state index in [-0.39, 0.29) is 0 Å². The molecule has 0 aliphatic heterocycles. The zero-order chi connectivity index (χ0) is 10.1. The second-order valence-electron chi connectivity index (χ2n) is 4.10. The van der Waals surface area contributed by atoms with Crippen molar-refractivity contribution in [2.75, 3.05) is 0 Å². The highest BCUT2D eigenvalue weighted by atomic mass is 14.1. The van der Waals surface area contributed by atoms with Crippen LogP contribution in [-0.4, -0.2) is 0 Å². The summed E-state index contributed by atoms with van der Waals surface area (Å²) in [6, 6.07) is 0. The minimum atomic E-state index is 0.828. The molecule has 0 aromatic rings. The van der Waals surface area contributed by atoms with Crippen molar-refractivity contribution in [3.05, 3.63) is 12.2 Å². The summed E-state index contributed by atoms with van der Waals surface area (Å²) in [5.41, 5.74) is 0. The van der Waals surface area contributed by atoms with Crippen LogP contribution < -0.4 is 0 Å². The highest BCUT2D eigenvalue weighted by molar-refractivity contribution is 4.87. The average Bonchev–Trinajstić information content (AvgIpc) is 2.17. The maximum atomic E-state index is 2.41. The van der Waals surface area contributed by atoms with Crippen LogP contribution in [0.1, 0.15) is 59.8 Å². The highest BCUT2D eigenvalue weighted by Gasteiger charge is 2.04. The second kappa shape index (κ2) is 8.34. The molecule has 0 aromatic carbocycles. The molecule has 2 atom stereocenters. The van der Waals surface area contributed by atoms with Gasteiger partial charge in [0.25, 0.3) is 0 Å². The number of hydrogen-bond acceptors (Lipinski definition) is 0. The predicted octanol–water partition coefficient (Wildman–Crippen LogP) is 4.81. The van der Waals surface area contributed by atoms with Gasteiger partial charge in [-0.2, -0.15) is 0 Å². The lowest BCUT2D eigenvalue weighted by Crippen LogP contribution is -1.99. The lowest BCUT2D eigenvalue weighted by Gasteiger charge is -2.13. The van der Waals surface area contributed by atoms with Crippen molar-refractivity contribution in [1.29, 1.82) is 0 Å². The van der Waals surface area contributed by atoms with Crippen molar-refractivity contribution in [3.63, 3.8) is 0 Å². The van der Waals surface area contributed by atoms with Crippen LogP contribution in [-0.2, 0) is 0 Å². The fourth-order valence-corrected chi connectivity index (χ4v) is 1.47. The van der Waals surface area contributed by atoms with Gasteiger partial charge in [0.15, 0.2) is 0 Å². The number of allylic oxidation sites excluding steroid dienone is 2. The molecule has 0 nitrogen and oxygen atoms in total.